The van der Waals surface area contributed by atoms with E-state index >= 15 is 0 Å². The van der Waals surface area contributed by atoms with E-state index in [4.69, 9.17) is 18.9 Å². The Morgan fingerprint density at radius 3 is 1.13 bits per heavy atom. The maximum atomic E-state index is 13.3. The molecular formula is C73H139NO13. The lowest BCUT2D eigenvalue weighted by Crippen LogP contribution is -2.65. The molecule has 0 radical (unpaired) electrons. The summed E-state index contributed by atoms with van der Waals surface area (Å²) in [4.78, 5) is 13.3. The molecule has 2 fully saturated rings. The summed E-state index contributed by atoms with van der Waals surface area (Å²) < 4.78 is 22.9. The van der Waals surface area contributed by atoms with Crippen molar-refractivity contribution in [3.8, 4) is 0 Å². The number of rotatable bonds is 62. The Labute approximate surface area is 532 Å². The summed E-state index contributed by atoms with van der Waals surface area (Å²) in [5.41, 5.74) is 0. The highest BCUT2D eigenvalue weighted by Crippen LogP contribution is 2.30. The smallest absolute Gasteiger partial charge is 0.220 e. The molecule has 0 aromatic rings. The number of unbranched alkanes of at least 4 members (excludes halogenated alkanes) is 47. The first-order valence-corrected chi connectivity index (χ1v) is 37.1. The van der Waals surface area contributed by atoms with E-state index in [9.17, 15) is 45.6 Å². The van der Waals surface area contributed by atoms with E-state index in [1.54, 1.807) is 6.08 Å². The Morgan fingerprint density at radius 1 is 0.402 bits per heavy atom. The zero-order valence-corrected chi connectivity index (χ0v) is 56.0. The van der Waals surface area contributed by atoms with Crippen molar-refractivity contribution in [2.75, 3.05) is 19.8 Å². The first kappa shape index (κ1) is 81.6. The van der Waals surface area contributed by atoms with Crippen LogP contribution in [0, 0.1) is 0 Å². The maximum Gasteiger partial charge on any atom is 0.220 e. The Balaban J connectivity index is 1.65. The number of nitrogens with one attached hydrogen (secondary N) is 1. The van der Waals surface area contributed by atoms with E-state index in [2.05, 4.69) is 31.3 Å². The van der Waals surface area contributed by atoms with Gasteiger partial charge in [-0.15, -0.1) is 0 Å². The average molecular weight is 1240 g/mol. The van der Waals surface area contributed by atoms with Gasteiger partial charge in [0.2, 0.25) is 5.91 Å². The van der Waals surface area contributed by atoms with E-state index in [1.165, 1.54) is 276 Å². The average Bonchev–Trinajstić information content (AvgIpc) is 2.50. The minimum absolute atomic E-state index is 0.242. The summed E-state index contributed by atoms with van der Waals surface area (Å²) in [5, 5.41) is 87.5. The van der Waals surface area contributed by atoms with Gasteiger partial charge in [-0.1, -0.05) is 327 Å². The summed E-state index contributed by atoms with van der Waals surface area (Å²) in [5.74, 6) is -0.242. The minimum atomic E-state index is -1.79. The van der Waals surface area contributed by atoms with Crippen LogP contribution in [0.15, 0.2) is 24.3 Å². The molecule has 0 spiro atoms. The van der Waals surface area contributed by atoms with Crippen molar-refractivity contribution in [3.63, 3.8) is 0 Å². The van der Waals surface area contributed by atoms with E-state index < -0.39 is 86.8 Å². The lowest BCUT2D eigenvalue weighted by Gasteiger charge is -2.46. The van der Waals surface area contributed by atoms with Crippen LogP contribution in [0.5, 0.6) is 0 Å². The number of aliphatic hydroxyl groups excluding tert-OH is 8. The molecule has 2 heterocycles. The van der Waals surface area contributed by atoms with Gasteiger partial charge >= 0.3 is 0 Å². The number of carbonyl (C=O) groups excluding carboxylic acids is 1. The zero-order valence-electron chi connectivity index (χ0n) is 56.0. The van der Waals surface area contributed by atoms with Crippen molar-refractivity contribution in [2.24, 2.45) is 0 Å². The standard InChI is InChI=1S/C73H139NO13/c1-3-5-7-9-11-13-15-17-19-21-23-25-26-27-28-29-30-31-32-33-34-35-36-37-38-40-42-44-46-48-50-52-54-56-62(77)61(74-65(78)57-55-53-51-49-47-45-43-41-39-24-22-20-18-16-14-12-10-8-6-4-2)60-84-72-70(83)68(81)71(64(59-76)86-72)87-73-69(82)67(80)66(79)63(58-75)85-73/h46,48,54,56,61-64,66-73,75-77,79-83H,3-45,47,49-53,55,57-60H2,1-2H3,(H,74,78)/b48-46+,56-54+. The number of allylic oxidation sites excluding steroid dienone is 3. The van der Waals surface area contributed by atoms with Gasteiger partial charge in [0, 0.05) is 6.42 Å². The number of amides is 1. The number of hydrogen-bond acceptors (Lipinski definition) is 13. The first-order valence-electron chi connectivity index (χ1n) is 37.1. The summed E-state index contributed by atoms with van der Waals surface area (Å²) >= 11 is 0. The normalized spacial score (nSPS) is 23.3. The van der Waals surface area contributed by atoms with Crippen LogP contribution in [0.4, 0.5) is 0 Å². The van der Waals surface area contributed by atoms with Crippen molar-refractivity contribution >= 4 is 5.91 Å². The molecule has 0 saturated carbocycles. The van der Waals surface area contributed by atoms with Gasteiger partial charge in [-0.3, -0.25) is 4.79 Å². The predicted molar refractivity (Wildman–Crippen MR) is 355 cm³/mol. The van der Waals surface area contributed by atoms with Crippen LogP contribution in [0.25, 0.3) is 0 Å². The quantitative estimate of drug-likeness (QED) is 0.0204. The highest BCUT2D eigenvalue weighted by atomic mass is 16.7. The lowest BCUT2D eigenvalue weighted by atomic mass is 9.97. The van der Waals surface area contributed by atoms with Crippen LogP contribution >= 0.6 is 0 Å². The third-order valence-corrected chi connectivity index (χ3v) is 18.4. The van der Waals surface area contributed by atoms with Gasteiger partial charge in [0.05, 0.1) is 32.0 Å². The molecule has 0 aliphatic carbocycles. The molecule has 9 N–H and O–H groups in total. The van der Waals surface area contributed by atoms with Gasteiger partial charge in [-0.05, 0) is 32.1 Å². The fourth-order valence-corrected chi connectivity index (χ4v) is 12.5. The molecule has 514 valence electrons. The highest BCUT2D eigenvalue weighted by molar-refractivity contribution is 5.76. The Kier molecular flexibility index (Phi) is 54.7. The molecule has 2 rings (SSSR count). The molecule has 0 aromatic heterocycles. The number of hydrogen-bond donors (Lipinski definition) is 9. The molecule has 2 saturated heterocycles. The Hall–Kier alpha value is -1.53. The van der Waals surface area contributed by atoms with Gasteiger partial charge in [0.25, 0.3) is 0 Å². The molecule has 0 bridgehead atoms. The van der Waals surface area contributed by atoms with Crippen molar-refractivity contribution in [2.45, 2.75) is 415 Å². The third kappa shape index (κ3) is 42.4. The molecule has 14 heteroatoms. The second-order valence-corrected chi connectivity index (χ2v) is 26.4. The third-order valence-electron chi connectivity index (χ3n) is 18.4. The molecule has 2 aliphatic rings. The van der Waals surface area contributed by atoms with Crippen molar-refractivity contribution < 1.29 is 64.6 Å². The van der Waals surface area contributed by atoms with Crippen LogP contribution in [0.1, 0.15) is 341 Å². The van der Waals surface area contributed by atoms with E-state index in [0.717, 1.165) is 32.1 Å². The largest absolute Gasteiger partial charge is 0.394 e. The number of aliphatic hydroxyl groups is 8. The van der Waals surface area contributed by atoms with Gasteiger partial charge in [-0.25, -0.2) is 0 Å². The topological polar surface area (TPSA) is 228 Å². The Morgan fingerprint density at radius 2 is 0.736 bits per heavy atom. The number of ether oxygens (including phenoxy) is 4. The molecule has 2 aliphatic heterocycles. The summed E-state index contributed by atoms with van der Waals surface area (Å²) in [6.45, 7) is 2.84. The van der Waals surface area contributed by atoms with Gasteiger partial charge in [-0.2, -0.15) is 0 Å². The minimum Gasteiger partial charge on any atom is -0.394 e. The van der Waals surface area contributed by atoms with Crippen LogP contribution in [-0.4, -0.2) is 140 Å². The molecular weight excluding hydrogens is 1100 g/mol. The molecule has 12 unspecified atom stereocenters. The molecule has 12 atom stereocenters. The fraction of sp³-hybridized carbons (Fsp3) is 0.932. The van der Waals surface area contributed by atoms with Crippen LogP contribution in [0.3, 0.4) is 0 Å². The zero-order chi connectivity index (χ0) is 63.1. The Bertz CT molecular complexity index is 1550. The van der Waals surface area contributed by atoms with Gasteiger partial charge in [0.15, 0.2) is 12.6 Å². The summed E-state index contributed by atoms with van der Waals surface area (Å²) in [7, 11) is 0. The van der Waals surface area contributed by atoms with Gasteiger partial charge < -0.3 is 65.1 Å². The molecule has 0 aromatic carbocycles. The fourth-order valence-electron chi connectivity index (χ4n) is 12.5. The molecule has 1 amide bonds. The van der Waals surface area contributed by atoms with Crippen LogP contribution < -0.4 is 5.32 Å². The molecule has 14 nitrogen and oxygen atoms in total. The molecule has 87 heavy (non-hydrogen) atoms. The lowest BCUT2D eigenvalue weighted by molar-refractivity contribution is -0.359. The van der Waals surface area contributed by atoms with Crippen molar-refractivity contribution in [1.82, 2.24) is 5.32 Å². The second-order valence-electron chi connectivity index (χ2n) is 26.4. The second kappa shape index (κ2) is 58.3. The van der Waals surface area contributed by atoms with E-state index in [0.29, 0.717) is 12.8 Å². The monoisotopic (exact) mass is 1240 g/mol. The van der Waals surface area contributed by atoms with Crippen molar-refractivity contribution in [1.29, 1.82) is 0 Å². The highest BCUT2D eigenvalue weighted by Gasteiger charge is 2.51. The van der Waals surface area contributed by atoms with Crippen molar-refractivity contribution in [3.05, 3.63) is 24.3 Å². The number of carbonyl (C=O) groups is 1. The maximum absolute atomic E-state index is 13.3. The van der Waals surface area contributed by atoms with Gasteiger partial charge in [0.1, 0.15) is 48.8 Å². The van der Waals surface area contributed by atoms with Crippen LogP contribution in [-0.2, 0) is 23.7 Å². The SMILES string of the molecule is CCCCCCCCCCCCCCCCCCCCCCCCCCCCC/C=C/CC/C=C/C(O)C(COC1OC(CO)C(OC2OC(CO)C(O)C(O)C2O)C(O)C1O)NC(=O)CCCCCCCCCCCCCCCCCCCCCC. The van der Waals surface area contributed by atoms with E-state index in [-0.39, 0.29) is 18.9 Å². The summed E-state index contributed by atoms with van der Waals surface area (Å²) in [6, 6.07) is -0.929. The summed E-state index contributed by atoms with van der Waals surface area (Å²) in [6.07, 6.45) is 56.9. The first-order chi connectivity index (χ1) is 42.6. The van der Waals surface area contributed by atoms with Crippen LogP contribution in [0.2, 0.25) is 0 Å². The predicted octanol–water partition coefficient (Wildman–Crippen LogP) is 15.5. The van der Waals surface area contributed by atoms with E-state index in [1.807, 2.05) is 6.08 Å².